The van der Waals surface area contributed by atoms with Crippen LogP contribution in [0.5, 0.6) is 0 Å². The van der Waals surface area contributed by atoms with E-state index in [-0.39, 0.29) is 17.8 Å². The third-order valence-electron chi connectivity index (χ3n) is 5.19. The van der Waals surface area contributed by atoms with Crippen molar-refractivity contribution in [2.24, 2.45) is 0 Å². The Kier molecular flexibility index (Phi) is 5.55. The quantitative estimate of drug-likeness (QED) is 0.687. The molecule has 0 bridgehead atoms. The Bertz CT molecular complexity index is 986. The summed E-state index contributed by atoms with van der Waals surface area (Å²) >= 11 is 0. The molecule has 7 heteroatoms. The van der Waals surface area contributed by atoms with Gasteiger partial charge >= 0.3 is 6.03 Å². The lowest BCUT2D eigenvalue weighted by atomic mass is 9.98. The molecule has 2 heterocycles. The molecule has 3 aromatic rings. The molecule has 1 aromatic heterocycles. The van der Waals surface area contributed by atoms with Gasteiger partial charge in [-0.25, -0.2) is 9.18 Å². The Morgan fingerprint density at radius 2 is 2.10 bits per heavy atom. The molecule has 29 heavy (non-hydrogen) atoms. The summed E-state index contributed by atoms with van der Waals surface area (Å²) < 4.78 is 18.6. The lowest BCUT2D eigenvalue weighted by Gasteiger charge is -2.31. The van der Waals surface area contributed by atoms with Crippen LogP contribution in [-0.4, -0.2) is 34.2 Å². The first kappa shape index (κ1) is 19.1. The fourth-order valence-corrected chi connectivity index (χ4v) is 3.55. The van der Waals surface area contributed by atoms with Crippen LogP contribution in [0.3, 0.4) is 0 Å². The van der Waals surface area contributed by atoms with Crippen LogP contribution >= 0.6 is 0 Å². The van der Waals surface area contributed by atoms with Gasteiger partial charge in [0.15, 0.2) is 0 Å². The number of hydrogen-bond acceptors (Lipinski definition) is 4. The van der Waals surface area contributed by atoms with Crippen LogP contribution in [0.25, 0.3) is 11.4 Å². The average molecular weight is 394 g/mol. The smallest absolute Gasteiger partial charge is 0.321 e. The van der Waals surface area contributed by atoms with Gasteiger partial charge in [0.2, 0.25) is 11.7 Å². The average Bonchev–Trinajstić information content (AvgIpc) is 3.25. The maximum absolute atomic E-state index is 13.1. The Morgan fingerprint density at radius 1 is 1.28 bits per heavy atom. The number of likely N-dealkylation sites (tertiary alicyclic amines) is 1. The van der Waals surface area contributed by atoms with Crippen LogP contribution < -0.4 is 5.32 Å². The van der Waals surface area contributed by atoms with Gasteiger partial charge in [-0.3, -0.25) is 0 Å². The monoisotopic (exact) mass is 394 g/mol. The number of aromatic nitrogens is 2. The number of aryl methyl sites for hydroxylation is 1. The van der Waals surface area contributed by atoms with Crippen LogP contribution in [0.1, 0.15) is 37.1 Å². The molecule has 1 aliphatic heterocycles. The Hall–Kier alpha value is -3.22. The van der Waals surface area contributed by atoms with E-state index in [1.807, 2.05) is 24.3 Å². The van der Waals surface area contributed by atoms with Gasteiger partial charge in [-0.15, -0.1) is 0 Å². The zero-order valence-electron chi connectivity index (χ0n) is 16.3. The van der Waals surface area contributed by atoms with Gasteiger partial charge in [0.1, 0.15) is 5.82 Å². The van der Waals surface area contributed by atoms with Gasteiger partial charge in [-0.2, -0.15) is 4.98 Å². The second kappa shape index (κ2) is 8.43. The number of carbonyl (C=O) groups is 1. The minimum absolute atomic E-state index is 0.0156. The molecule has 2 aromatic carbocycles. The van der Waals surface area contributed by atoms with E-state index in [9.17, 15) is 9.18 Å². The molecule has 1 saturated heterocycles. The van der Waals surface area contributed by atoms with Crippen molar-refractivity contribution in [3.05, 3.63) is 65.8 Å². The first-order valence-corrected chi connectivity index (χ1v) is 9.87. The molecule has 1 aliphatic rings. The maximum atomic E-state index is 13.1. The van der Waals surface area contributed by atoms with Crippen LogP contribution in [0.15, 0.2) is 53.1 Å². The number of rotatable bonds is 4. The van der Waals surface area contributed by atoms with Crippen LogP contribution in [-0.2, 0) is 6.42 Å². The second-order valence-electron chi connectivity index (χ2n) is 7.23. The highest BCUT2D eigenvalue weighted by Gasteiger charge is 2.28. The van der Waals surface area contributed by atoms with E-state index in [0.717, 1.165) is 24.9 Å². The van der Waals surface area contributed by atoms with Crippen molar-refractivity contribution < 1.29 is 13.7 Å². The van der Waals surface area contributed by atoms with Gasteiger partial charge in [-0.1, -0.05) is 24.2 Å². The highest BCUT2D eigenvalue weighted by Crippen LogP contribution is 2.28. The summed E-state index contributed by atoms with van der Waals surface area (Å²) in [6.45, 7) is 3.29. The molecule has 6 nitrogen and oxygen atoms in total. The van der Waals surface area contributed by atoms with Crippen LogP contribution in [0.4, 0.5) is 14.9 Å². The zero-order chi connectivity index (χ0) is 20.2. The van der Waals surface area contributed by atoms with Crippen LogP contribution in [0, 0.1) is 5.82 Å². The molecule has 1 fully saturated rings. The molecule has 2 amide bonds. The van der Waals surface area contributed by atoms with E-state index in [0.29, 0.717) is 30.4 Å². The van der Waals surface area contributed by atoms with Crippen molar-refractivity contribution >= 4 is 11.7 Å². The second-order valence-corrected chi connectivity index (χ2v) is 7.23. The van der Waals surface area contributed by atoms with Gasteiger partial charge in [0.25, 0.3) is 0 Å². The van der Waals surface area contributed by atoms with Crippen molar-refractivity contribution in [3.8, 4) is 11.4 Å². The van der Waals surface area contributed by atoms with E-state index in [1.165, 1.54) is 17.7 Å². The number of anilines is 1. The van der Waals surface area contributed by atoms with Crippen molar-refractivity contribution in [1.82, 2.24) is 15.0 Å². The van der Waals surface area contributed by atoms with Gasteiger partial charge in [-0.05, 0) is 61.2 Å². The van der Waals surface area contributed by atoms with E-state index in [1.54, 1.807) is 17.0 Å². The van der Waals surface area contributed by atoms with Gasteiger partial charge < -0.3 is 14.7 Å². The first-order chi connectivity index (χ1) is 14.1. The van der Waals surface area contributed by atoms with Crippen LogP contribution in [0.2, 0.25) is 0 Å². The highest BCUT2D eigenvalue weighted by molar-refractivity contribution is 5.89. The summed E-state index contributed by atoms with van der Waals surface area (Å²) in [5, 5.41) is 7.00. The number of benzene rings is 2. The molecule has 0 aliphatic carbocycles. The fraction of sp³-hybridized carbons (Fsp3) is 0.318. The predicted octanol–water partition coefficient (Wildman–Crippen LogP) is 4.85. The lowest BCUT2D eigenvalue weighted by molar-refractivity contribution is 0.184. The summed E-state index contributed by atoms with van der Waals surface area (Å²) in [5.41, 5.74) is 2.67. The number of carbonyl (C=O) groups excluding carboxylic acids is 1. The summed E-state index contributed by atoms with van der Waals surface area (Å²) in [7, 11) is 0. The molecule has 0 radical (unpaired) electrons. The molecule has 0 spiro atoms. The van der Waals surface area contributed by atoms with E-state index in [4.69, 9.17) is 4.52 Å². The lowest BCUT2D eigenvalue weighted by Crippen LogP contribution is -2.41. The molecule has 4 rings (SSSR count). The van der Waals surface area contributed by atoms with E-state index < -0.39 is 0 Å². The number of nitrogens with one attached hydrogen (secondary N) is 1. The Balaban J connectivity index is 1.43. The Morgan fingerprint density at radius 3 is 2.90 bits per heavy atom. The third-order valence-corrected chi connectivity index (χ3v) is 5.19. The predicted molar refractivity (Wildman–Crippen MR) is 108 cm³/mol. The summed E-state index contributed by atoms with van der Waals surface area (Å²) in [6, 6.07) is 13.7. The number of hydrogen-bond donors (Lipinski definition) is 1. The number of piperidine rings is 1. The third kappa shape index (κ3) is 4.45. The number of nitrogens with zero attached hydrogens (tertiary/aromatic N) is 3. The van der Waals surface area contributed by atoms with Crippen molar-refractivity contribution in [2.45, 2.75) is 32.1 Å². The number of urea groups is 1. The van der Waals surface area contributed by atoms with Crippen molar-refractivity contribution in [2.75, 3.05) is 18.4 Å². The fourth-order valence-electron chi connectivity index (χ4n) is 3.55. The molecule has 1 atom stereocenters. The largest absolute Gasteiger partial charge is 0.339 e. The SMILES string of the molecule is CCc1cccc(NC(=O)N2CCC[C@H](c3nc(-c4ccc(F)cc4)no3)C2)c1. The Labute approximate surface area is 168 Å². The standard InChI is InChI=1S/C22H23FN4O2/c1-2-15-5-3-7-19(13-15)24-22(28)27-12-4-6-17(14-27)21-25-20(26-29-21)16-8-10-18(23)11-9-16/h3,5,7-11,13,17H,2,4,6,12,14H2,1H3,(H,24,28)/t17-/m0/s1. The molecular formula is C22H23FN4O2. The van der Waals surface area contributed by atoms with Crippen molar-refractivity contribution in [3.63, 3.8) is 0 Å². The summed E-state index contributed by atoms with van der Waals surface area (Å²) in [5.74, 6) is 0.613. The number of amides is 2. The topological polar surface area (TPSA) is 71.3 Å². The van der Waals surface area contributed by atoms with Crippen molar-refractivity contribution in [1.29, 1.82) is 0 Å². The minimum atomic E-state index is -0.309. The van der Waals surface area contributed by atoms with E-state index in [2.05, 4.69) is 22.4 Å². The summed E-state index contributed by atoms with van der Waals surface area (Å²) in [6.07, 6.45) is 2.66. The zero-order valence-corrected chi connectivity index (χ0v) is 16.3. The molecule has 0 unspecified atom stereocenters. The normalized spacial score (nSPS) is 16.6. The molecule has 0 saturated carbocycles. The maximum Gasteiger partial charge on any atom is 0.321 e. The minimum Gasteiger partial charge on any atom is -0.339 e. The molecule has 150 valence electrons. The van der Waals surface area contributed by atoms with E-state index >= 15 is 0 Å². The van der Waals surface area contributed by atoms with Gasteiger partial charge in [0, 0.05) is 24.3 Å². The highest BCUT2D eigenvalue weighted by atomic mass is 19.1. The molecule has 1 N–H and O–H groups in total. The van der Waals surface area contributed by atoms with Gasteiger partial charge in [0.05, 0.1) is 5.92 Å². The first-order valence-electron chi connectivity index (χ1n) is 9.87. The summed E-state index contributed by atoms with van der Waals surface area (Å²) in [4.78, 5) is 19.0. The molecular weight excluding hydrogens is 371 g/mol. The number of halogens is 1.